The average molecular weight is 379 g/mol. The van der Waals surface area contributed by atoms with Crippen LogP contribution in [-0.2, 0) is 13.1 Å². The summed E-state index contributed by atoms with van der Waals surface area (Å²) in [6.07, 6.45) is 0. The van der Waals surface area contributed by atoms with Crippen molar-refractivity contribution in [2.45, 2.75) is 19.7 Å². The van der Waals surface area contributed by atoms with Crippen molar-refractivity contribution in [3.05, 3.63) is 53.6 Å². The zero-order chi connectivity index (χ0) is 19.6. The van der Waals surface area contributed by atoms with Crippen molar-refractivity contribution < 1.29 is 23.0 Å². The van der Waals surface area contributed by atoms with Crippen LogP contribution in [0, 0.1) is 0 Å². The predicted molar refractivity (Wildman–Crippen MR) is 99.7 cm³/mol. The summed E-state index contributed by atoms with van der Waals surface area (Å²) in [4.78, 5) is 4.14. The van der Waals surface area contributed by atoms with E-state index in [1.54, 1.807) is 39.5 Å². The van der Waals surface area contributed by atoms with E-state index in [0.717, 1.165) is 5.56 Å². The van der Waals surface area contributed by atoms with Crippen molar-refractivity contribution in [2.75, 3.05) is 21.3 Å². The van der Waals surface area contributed by atoms with Crippen LogP contribution in [0.3, 0.4) is 0 Å². The molecule has 6 nitrogen and oxygen atoms in total. The summed E-state index contributed by atoms with van der Waals surface area (Å²) in [6.45, 7) is -2.16. The third-order valence-corrected chi connectivity index (χ3v) is 3.79. The molecule has 0 fully saturated rings. The number of nitrogens with one attached hydrogen (secondary N) is 2. The standard InChI is InChI=1S/C19H23F2N3O3/c1-22-19(23-11-13-7-4-5-9-15(13)27-18(20)21)24-12-14-8-6-10-16(25-2)17(14)26-3/h4-10,18H,11-12H2,1-3H3,(H2,22,23,24). The smallest absolute Gasteiger partial charge is 0.387 e. The SMILES string of the molecule is CN=C(NCc1ccccc1OC(F)F)NCc1cccc(OC)c1OC. The molecule has 0 unspecified atom stereocenters. The molecule has 0 atom stereocenters. The summed E-state index contributed by atoms with van der Waals surface area (Å²) in [7, 11) is 4.78. The topological polar surface area (TPSA) is 64.1 Å². The molecule has 0 aliphatic rings. The molecule has 2 rings (SSSR count). The first-order chi connectivity index (χ1) is 13.1. The lowest BCUT2D eigenvalue weighted by molar-refractivity contribution is -0.0504. The van der Waals surface area contributed by atoms with Gasteiger partial charge in [0.1, 0.15) is 5.75 Å². The Hall–Kier alpha value is -3.03. The maximum Gasteiger partial charge on any atom is 0.387 e. The summed E-state index contributed by atoms with van der Waals surface area (Å²) < 4.78 is 40.2. The van der Waals surface area contributed by atoms with Gasteiger partial charge in [-0.15, -0.1) is 0 Å². The minimum absolute atomic E-state index is 0.130. The monoisotopic (exact) mass is 379 g/mol. The lowest BCUT2D eigenvalue weighted by Crippen LogP contribution is -2.36. The summed E-state index contributed by atoms with van der Waals surface area (Å²) in [5.74, 6) is 1.91. The molecule has 2 N–H and O–H groups in total. The van der Waals surface area contributed by atoms with Gasteiger partial charge in [-0.1, -0.05) is 30.3 Å². The molecule has 0 saturated heterocycles. The van der Waals surface area contributed by atoms with Gasteiger partial charge in [0.05, 0.1) is 14.2 Å². The second kappa shape index (κ2) is 10.2. The molecule has 27 heavy (non-hydrogen) atoms. The van der Waals surface area contributed by atoms with E-state index in [2.05, 4.69) is 20.4 Å². The molecule has 146 valence electrons. The van der Waals surface area contributed by atoms with Gasteiger partial charge in [-0.2, -0.15) is 8.78 Å². The fourth-order valence-corrected chi connectivity index (χ4v) is 2.53. The normalized spacial score (nSPS) is 11.3. The third kappa shape index (κ3) is 5.73. The first-order valence-electron chi connectivity index (χ1n) is 8.26. The Morgan fingerprint density at radius 3 is 2.19 bits per heavy atom. The van der Waals surface area contributed by atoms with Crippen molar-refractivity contribution in [3.8, 4) is 17.2 Å². The lowest BCUT2D eigenvalue weighted by atomic mass is 10.2. The highest BCUT2D eigenvalue weighted by Crippen LogP contribution is 2.30. The number of hydrogen-bond donors (Lipinski definition) is 2. The van der Waals surface area contributed by atoms with Crippen LogP contribution in [-0.4, -0.2) is 33.8 Å². The molecule has 0 heterocycles. The highest BCUT2D eigenvalue weighted by atomic mass is 19.3. The average Bonchev–Trinajstić information content (AvgIpc) is 2.68. The van der Waals surface area contributed by atoms with E-state index in [1.165, 1.54) is 6.07 Å². The van der Waals surface area contributed by atoms with Crippen molar-refractivity contribution in [1.82, 2.24) is 10.6 Å². The van der Waals surface area contributed by atoms with Crippen LogP contribution in [0.5, 0.6) is 17.2 Å². The maximum atomic E-state index is 12.5. The van der Waals surface area contributed by atoms with Gasteiger partial charge in [-0.3, -0.25) is 4.99 Å². The van der Waals surface area contributed by atoms with Gasteiger partial charge in [-0.05, 0) is 12.1 Å². The molecule has 0 aliphatic heterocycles. The van der Waals surface area contributed by atoms with E-state index in [-0.39, 0.29) is 12.3 Å². The molecule has 0 saturated carbocycles. The first kappa shape index (κ1) is 20.3. The van der Waals surface area contributed by atoms with Crippen LogP contribution in [0.25, 0.3) is 0 Å². The van der Waals surface area contributed by atoms with Crippen molar-refractivity contribution in [2.24, 2.45) is 4.99 Å². The van der Waals surface area contributed by atoms with Crippen molar-refractivity contribution >= 4 is 5.96 Å². The minimum atomic E-state index is -2.87. The van der Waals surface area contributed by atoms with E-state index in [1.807, 2.05) is 18.2 Å². The Bertz CT molecular complexity index is 770. The molecule has 2 aromatic carbocycles. The number of guanidine groups is 1. The zero-order valence-corrected chi connectivity index (χ0v) is 15.5. The Morgan fingerprint density at radius 1 is 0.926 bits per heavy atom. The third-order valence-electron chi connectivity index (χ3n) is 3.79. The lowest BCUT2D eigenvalue weighted by Gasteiger charge is -2.16. The van der Waals surface area contributed by atoms with E-state index in [9.17, 15) is 8.78 Å². The Balaban J connectivity index is 2.00. The second-order valence-corrected chi connectivity index (χ2v) is 5.42. The van der Waals surface area contributed by atoms with Gasteiger partial charge >= 0.3 is 6.61 Å². The van der Waals surface area contributed by atoms with Gasteiger partial charge < -0.3 is 24.8 Å². The van der Waals surface area contributed by atoms with Crippen LogP contribution in [0.2, 0.25) is 0 Å². The molecule has 0 bridgehead atoms. The second-order valence-electron chi connectivity index (χ2n) is 5.42. The number of aliphatic imine (C=N–C) groups is 1. The summed E-state index contributed by atoms with van der Waals surface area (Å²) in [5.41, 5.74) is 1.49. The number of ether oxygens (including phenoxy) is 3. The van der Waals surface area contributed by atoms with Crippen LogP contribution in [0.4, 0.5) is 8.78 Å². The van der Waals surface area contributed by atoms with Crippen molar-refractivity contribution in [3.63, 3.8) is 0 Å². The summed E-state index contributed by atoms with van der Waals surface area (Å²) in [6, 6.07) is 12.2. The van der Waals surface area contributed by atoms with E-state index >= 15 is 0 Å². The zero-order valence-electron chi connectivity index (χ0n) is 15.5. The van der Waals surface area contributed by atoms with Gasteiger partial charge in [0.2, 0.25) is 0 Å². The van der Waals surface area contributed by atoms with Crippen LogP contribution in [0.1, 0.15) is 11.1 Å². The molecule has 2 aromatic rings. The Kier molecular flexibility index (Phi) is 7.66. The highest BCUT2D eigenvalue weighted by molar-refractivity contribution is 5.79. The van der Waals surface area contributed by atoms with Gasteiger partial charge in [0.25, 0.3) is 0 Å². The quantitative estimate of drug-likeness (QED) is 0.545. The molecular weight excluding hydrogens is 356 g/mol. The molecule has 0 spiro atoms. The number of rotatable bonds is 8. The van der Waals surface area contributed by atoms with Gasteiger partial charge in [0, 0.05) is 31.3 Å². The number of para-hydroxylation sites is 2. The molecule has 0 amide bonds. The molecule has 0 aromatic heterocycles. The Labute approximate surface area is 157 Å². The number of methoxy groups -OCH3 is 2. The molecule has 0 aliphatic carbocycles. The molecular formula is C19H23F2N3O3. The predicted octanol–water partition coefficient (Wildman–Crippen LogP) is 3.17. The van der Waals surface area contributed by atoms with Crippen LogP contribution >= 0.6 is 0 Å². The molecule has 0 radical (unpaired) electrons. The van der Waals surface area contributed by atoms with E-state index in [0.29, 0.717) is 29.6 Å². The Morgan fingerprint density at radius 2 is 1.56 bits per heavy atom. The number of benzene rings is 2. The number of hydrogen-bond acceptors (Lipinski definition) is 4. The minimum Gasteiger partial charge on any atom is -0.493 e. The number of alkyl halides is 2. The first-order valence-corrected chi connectivity index (χ1v) is 8.26. The number of nitrogens with zero attached hydrogens (tertiary/aromatic N) is 1. The van der Waals surface area contributed by atoms with E-state index in [4.69, 9.17) is 9.47 Å². The summed E-state index contributed by atoms with van der Waals surface area (Å²) in [5, 5.41) is 6.23. The van der Waals surface area contributed by atoms with Gasteiger partial charge in [-0.25, -0.2) is 0 Å². The highest BCUT2D eigenvalue weighted by Gasteiger charge is 2.11. The summed E-state index contributed by atoms with van der Waals surface area (Å²) >= 11 is 0. The largest absolute Gasteiger partial charge is 0.493 e. The number of halogens is 2. The maximum absolute atomic E-state index is 12.5. The van der Waals surface area contributed by atoms with Crippen LogP contribution < -0.4 is 24.8 Å². The van der Waals surface area contributed by atoms with Gasteiger partial charge in [0.15, 0.2) is 17.5 Å². The van der Waals surface area contributed by atoms with Crippen LogP contribution in [0.15, 0.2) is 47.5 Å². The van der Waals surface area contributed by atoms with Crippen molar-refractivity contribution in [1.29, 1.82) is 0 Å². The molecule has 8 heteroatoms. The fraction of sp³-hybridized carbons (Fsp3) is 0.316. The van der Waals surface area contributed by atoms with E-state index < -0.39 is 6.61 Å². The fourth-order valence-electron chi connectivity index (χ4n) is 2.53.